The summed E-state index contributed by atoms with van der Waals surface area (Å²) in [6.07, 6.45) is 3.47. The van der Waals surface area contributed by atoms with Gasteiger partial charge >= 0.3 is 0 Å². The summed E-state index contributed by atoms with van der Waals surface area (Å²) in [6.45, 7) is 10.7. The van der Waals surface area contributed by atoms with Gasteiger partial charge in [0.1, 0.15) is 5.78 Å². The van der Waals surface area contributed by atoms with Crippen molar-refractivity contribution in [2.45, 2.75) is 58.2 Å². The zero-order valence-corrected chi connectivity index (χ0v) is 12.9. The molecule has 4 heteroatoms. The fraction of sp³-hybridized carbons (Fsp3) is 0.714. The smallest absolute Gasteiger partial charge is 0.148 e. The summed E-state index contributed by atoms with van der Waals surface area (Å²) in [6, 6.07) is 2.35. The van der Waals surface area contributed by atoms with Crippen LogP contribution in [0.1, 0.15) is 52.8 Å². The van der Waals surface area contributed by atoms with Crippen molar-refractivity contribution in [3.05, 3.63) is 18.0 Å². The quantitative estimate of drug-likeness (QED) is 0.792. The number of hydrogen-bond acceptors (Lipinski definition) is 3. The van der Waals surface area contributed by atoms with E-state index < -0.39 is 0 Å². The minimum atomic E-state index is 0.145. The van der Waals surface area contributed by atoms with E-state index in [1.807, 2.05) is 16.9 Å². The van der Waals surface area contributed by atoms with Crippen molar-refractivity contribution in [2.75, 3.05) is 5.75 Å². The number of aromatic nitrogens is 2. The molecule has 0 bridgehead atoms. The Morgan fingerprint density at radius 3 is 2.72 bits per heavy atom. The molecule has 1 aromatic heterocycles. The van der Waals surface area contributed by atoms with E-state index in [4.69, 9.17) is 0 Å². The Kier molecular flexibility index (Phi) is 5.45. The van der Waals surface area contributed by atoms with Crippen LogP contribution in [0.25, 0.3) is 0 Å². The van der Waals surface area contributed by atoms with Gasteiger partial charge in [-0.15, -0.1) is 11.8 Å². The van der Waals surface area contributed by atoms with Gasteiger partial charge in [-0.05, 0) is 19.4 Å². The topological polar surface area (TPSA) is 34.9 Å². The number of ketones is 1. The molecule has 0 aliphatic carbocycles. The van der Waals surface area contributed by atoms with Crippen LogP contribution in [-0.4, -0.2) is 26.1 Å². The third-order valence-electron chi connectivity index (χ3n) is 2.75. The van der Waals surface area contributed by atoms with Crippen molar-refractivity contribution < 1.29 is 4.79 Å². The summed E-state index contributed by atoms with van der Waals surface area (Å²) in [5.74, 6) is 0.823. The van der Waals surface area contributed by atoms with Gasteiger partial charge in [-0.2, -0.15) is 5.10 Å². The zero-order valence-electron chi connectivity index (χ0n) is 12.1. The number of carbonyl (C=O) groups is 1. The molecule has 1 rings (SSSR count). The molecule has 0 saturated carbocycles. The number of thioether (sulfide) groups is 1. The molecule has 0 radical (unpaired) electrons. The Hall–Kier alpha value is -0.770. The van der Waals surface area contributed by atoms with Crippen LogP contribution in [-0.2, 0) is 11.2 Å². The van der Waals surface area contributed by atoms with E-state index in [1.165, 1.54) is 0 Å². The van der Waals surface area contributed by atoms with Crippen LogP contribution in [0.2, 0.25) is 0 Å². The predicted octanol–water partition coefficient (Wildman–Crippen LogP) is 3.50. The molecule has 1 unspecified atom stereocenters. The van der Waals surface area contributed by atoms with Gasteiger partial charge in [-0.3, -0.25) is 9.48 Å². The number of nitrogens with zero attached hydrogens (tertiary/aromatic N) is 2. The third-order valence-corrected chi connectivity index (χ3v) is 4.08. The van der Waals surface area contributed by atoms with E-state index in [-0.39, 0.29) is 10.5 Å². The van der Waals surface area contributed by atoms with Crippen molar-refractivity contribution in [1.29, 1.82) is 0 Å². The first kappa shape index (κ1) is 15.3. The van der Waals surface area contributed by atoms with Gasteiger partial charge in [0.2, 0.25) is 0 Å². The molecule has 3 nitrogen and oxygen atoms in total. The van der Waals surface area contributed by atoms with Crippen molar-refractivity contribution in [1.82, 2.24) is 9.78 Å². The first-order valence-electron chi connectivity index (χ1n) is 6.51. The van der Waals surface area contributed by atoms with Gasteiger partial charge in [0.25, 0.3) is 0 Å². The van der Waals surface area contributed by atoms with Crippen molar-refractivity contribution >= 4 is 17.5 Å². The molecule has 0 aliphatic heterocycles. The first-order valence-corrected chi connectivity index (χ1v) is 7.50. The molecule has 1 atom stereocenters. The van der Waals surface area contributed by atoms with Gasteiger partial charge in [0, 0.05) is 17.0 Å². The summed E-state index contributed by atoms with van der Waals surface area (Å²) in [7, 11) is 0. The number of rotatable bonds is 6. The Bertz CT molecular complexity index is 393. The van der Waals surface area contributed by atoms with Crippen LogP contribution in [0, 0.1) is 0 Å². The third kappa shape index (κ3) is 5.25. The van der Waals surface area contributed by atoms with Gasteiger partial charge in [0.15, 0.2) is 0 Å². The average Bonchev–Trinajstić information content (AvgIpc) is 2.73. The van der Waals surface area contributed by atoms with E-state index in [0.29, 0.717) is 18.2 Å². The Morgan fingerprint density at radius 1 is 1.50 bits per heavy atom. The van der Waals surface area contributed by atoms with Crippen molar-refractivity contribution in [2.24, 2.45) is 0 Å². The van der Waals surface area contributed by atoms with Gasteiger partial charge in [-0.25, -0.2) is 0 Å². The minimum Gasteiger partial charge on any atom is -0.298 e. The summed E-state index contributed by atoms with van der Waals surface area (Å²) in [4.78, 5) is 11.8. The van der Waals surface area contributed by atoms with Crippen LogP contribution >= 0.6 is 11.8 Å². The van der Waals surface area contributed by atoms with Crippen LogP contribution in [0.3, 0.4) is 0 Å². The van der Waals surface area contributed by atoms with E-state index >= 15 is 0 Å². The Balaban J connectivity index is 2.47. The highest BCUT2D eigenvalue weighted by Crippen LogP contribution is 2.23. The highest BCUT2D eigenvalue weighted by atomic mass is 32.2. The second-order valence-electron chi connectivity index (χ2n) is 5.66. The molecular formula is C14H24N2OS. The van der Waals surface area contributed by atoms with E-state index in [2.05, 4.69) is 39.7 Å². The van der Waals surface area contributed by atoms with Crippen LogP contribution in [0.15, 0.2) is 12.3 Å². The maximum Gasteiger partial charge on any atom is 0.148 e. The molecule has 0 fully saturated rings. The second kappa shape index (κ2) is 6.41. The largest absolute Gasteiger partial charge is 0.298 e. The Labute approximate surface area is 114 Å². The van der Waals surface area contributed by atoms with Crippen LogP contribution < -0.4 is 0 Å². The minimum absolute atomic E-state index is 0.145. The maximum absolute atomic E-state index is 11.8. The molecule has 1 aromatic rings. The molecular weight excluding hydrogens is 244 g/mol. The fourth-order valence-electron chi connectivity index (χ4n) is 1.45. The maximum atomic E-state index is 11.8. The lowest BCUT2D eigenvalue weighted by molar-refractivity contribution is -0.116. The fourth-order valence-corrected chi connectivity index (χ4v) is 2.15. The van der Waals surface area contributed by atoms with Gasteiger partial charge in [0.05, 0.1) is 17.9 Å². The molecule has 0 saturated heterocycles. The molecule has 0 spiro atoms. The van der Waals surface area contributed by atoms with Crippen molar-refractivity contribution in [3.8, 4) is 0 Å². The normalized spacial score (nSPS) is 13.6. The lowest BCUT2D eigenvalue weighted by Crippen LogP contribution is -2.15. The first-order chi connectivity index (χ1) is 8.31. The highest BCUT2D eigenvalue weighted by Gasteiger charge is 2.14. The molecule has 102 valence electrons. The lowest BCUT2D eigenvalue weighted by atomic mass is 10.2. The van der Waals surface area contributed by atoms with Gasteiger partial charge < -0.3 is 0 Å². The lowest BCUT2D eigenvalue weighted by Gasteiger charge is -2.16. The second-order valence-corrected chi connectivity index (χ2v) is 7.46. The van der Waals surface area contributed by atoms with E-state index in [9.17, 15) is 4.79 Å². The van der Waals surface area contributed by atoms with Crippen molar-refractivity contribution in [3.63, 3.8) is 0 Å². The molecule has 1 heterocycles. The summed E-state index contributed by atoms with van der Waals surface area (Å²) < 4.78 is 2.09. The Morgan fingerprint density at radius 2 is 2.17 bits per heavy atom. The molecule has 0 aromatic carbocycles. The molecule has 18 heavy (non-hydrogen) atoms. The number of Topliss-reactive ketones (excluding diaryl/α,β-unsaturated/α-hetero) is 1. The summed E-state index contributed by atoms with van der Waals surface area (Å²) in [5.41, 5.74) is 0.884. The summed E-state index contributed by atoms with van der Waals surface area (Å²) in [5, 5.41) is 4.45. The predicted molar refractivity (Wildman–Crippen MR) is 78.2 cm³/mol. The van der Waals surface area contributed by atoms with E-state index in [0.717, 1.165) is 12.1 Å². The molecule has 0 amide bonds. The van der Waals surface area contributed by atoms with E-state index in [1.54, 1.807) is 11.8 Å². The molecule has 0 aliphatic rings. The number of hydrogen-bond donors (Lipinski definition) is 0. The highest BCUT2D eigenvalue weighted by molar-refractivity contribution is 8.01. The SMILES string of the molecule is CCC(C)n1ccc(CC(=O)CSC(C)(C)C)n1. The van der Waals surface area contributed by atoms with Crippen LogP contribution in [0.4, 0.5) is 0 Å². The average molecular weight is 268 g/mol. The monoisotopic (exact) mass is 268 g/mol. The standard InChI is InChI=1S/C14H24N2OS/c1-6-11(2)16-8-7-12(15-16)9-13(17)10-18-14(3,4)5/h7-8,11H,6,9-10H2,1-5H3. The zero-order chi connectivity index (χ0) is 13.8. The van der Waals surface area contributed by atoms with Crippen LogP contribution in [0.5, 0.6) is 0 Å². The summed E-state index contributed by atoms with van der Waals surface area (Å²) >= 11 is 1.69. The molecule has 0 N–H and O–H groups in total. The van der Waals surface area contributed by atoms with Gasteiger partial charge in [-0.1, -0.05) is 27.7 Å². The number of carbonyl (C=O) groups excluding carboxylic acids is 1.